The standard InChI is InChI=1S/C15H22N2O2/c1-10(16-2)14-6-3-11(7-15(14)18)17-8-12-4-5-13(9-17)19-12/h3,6-7,10,12-13,16,18H,4-5,8-9H2,1-2H3. The number of anilines is 1. The van der Waals surface area contributed by atoms with Crippen molar-refractivity contribution in [3.63, 3.8) is 0 Å². The van der Waals surface area contributed by atoms with Gasteiger partial charge in [-0.3, -0.25) is 0 Å². The molecule has 3 rings (SSSR count). The Kier molecular flexibility index (Phi) is 3.37. The monoisotopic (exact) mass is 262 g/mol. The lowest BCUT2D eigenvalue weighted by molar-refractivity contribution is 0.0305. The number of phenols is 1. The zero-order valence-corrected chi connectivity index (χ0v) is 11.6. The van der Waals surface area contributed by atoms with E-state index in [1.807, 2.05) is 26.1 Å². The maximum absolute atomic E-state index is 10.2. The number of nitrogens with zero attached hydrogens (tertiary/aromatic N) is 1. The maximum atomic E-state index is 10.2. The number of morpholine rings is 1. The minimum absolute atomic E-state index is 0.162. The van der Waals surface area contributed by atoms with E-state index in [0.29, 0.717) is 18.0 Å². The van der Waals surface area contributed by atoms with Crippen LogP contribution in [0.25, 0.3) is 0 Å². The second-order valence-electron chi connectivity index (χ2n) is 5.62. The van der Waals surface area contributed by atoms with Gasteiger partial charge < -0.3 is 20.1 Å². The average molecular weight is 262 g/mol. The van der Waals surface area contributed by atoms with Crippen LogP contribution in [0, 0.1) is 0 Å². The molecule has 2 heterocycles. The molecule has 4 heteroatoms. The van der Waals surface area contributed by atoms with Crippen molar-refractivity contribution in [1.82, 2.24) is 5.32 Å². The topological polar surface area (TPSA) is 44.7 Å². The third-order valence-corrected chi connectivity index (χ3v) is 4.32. The lowest BCUT2D eigenvalue weighted by Gasteiger charge is -2.34. The fraction of sp³-hybridized carbons (Fsp3) is 0.600. The van der Waals surface area contributed by atoms with Crippen molar-refractivity contribution in [2.45, 2.75) is 38.0 Å². The Morgan fingerprint density at radius 3 is 2.58 bits per heavy atom. The fourth-order valence-electron chi connectivity index (χ4n) is 3.08. The summed E-state index contributed by atoms with van der Waals surface area (Å²) >= 11 is 0. The van der Waals surface area contributed by atoms with Gasteiger partial charge in [0.2, 0.25) is 0 Å². The Labute approximate surface area is 114 Å². The summed E-state index contributed by atoms with van der Waals surface area (Å²) in [5.74, 6) is 0.373. The molecule has 0 amide bonds. The fourth-order valence-corrected chi connectivity index (χ4v) is 3.08. The molecule has 4 nitrogen and oxygen atoms in total. The third-order valence-electron chi connectivity index (χ3n) is 4.32. The highest BCUT2D eigenvalue weighted by Crippen LogP contribution is 2.33. The molecule has 19 heavy (non-hydrogen) atoms. The number of rotatable bonds is 3. The third kappa shape index (κ3) is 2.42. The molecule has 2 saturated heterocycles. The van der Waals surface area contributed by atoms with Gasteiger partial charge in [0.15, 0.2) is 0 Å². The van der Waals surface area contributed by atoms with E-state index in [9.17, 15) is 5.11 Å². The van der Waals surface area contributed by atoms with Crippen molar-refractivity contribution in [3.05, 3.63) is 23.8 Å². The van der Waals surface area contributed by atoms with E-state index in [2.05, 4.69) is 16.3 Å². The van der Waals surface area contributed by atoms with Gasteiger partial charge >= 0.3 is 0 Å². The normalized spacial score (nSPS) is 27.6. The molecule has 0 aromatic heterocycles. The molecule has 0 spiro atoms. The Balaban J connectivity index is 1.80. The number of fused-ring (bicyclic) bond motifs is 2. The molecule has 1 aromatic carbocycles. The van der Waals surface area contributed by atoms with Crippen LogP contribution in [0.15, 0.2) is 18.2 Å². The second kappa shape index (κ2) is 5.02. The first-order valence-corrected chi connectivity index (χ1v) is 7.08. The van der Waals surface area contributed by atoms with Crippen LogP contribution in [0.3, 0.4) is 0 Å². The smallest absolute Gasteiger partial charge is 0.122 e. The van der Waals surface area contributed by atoms with Crippen LogP contribution >= 0.6 is 0 Å². The Morgan fingerprint density at radius 1 is 1.32 bits per heavy atom. The molecule has 0 radical (unpaired) electrons. The number of aromatic hydroxyl groups is 1. The number of benzene rings is 1. The van der Waals surface area contributed by atoms with Crippen molar-refractivity contribution in [2.24, 2.45) is 0 Å². The molecular formula is C15H22N2O2. The molecule has 0 aliphatic carbocycles. The SMILES string of the molecule is CNC(C)c1ccc(N2CC3CCC(C2)O3)cc1O. The molecule has 1 aromatic rings. The first kappa shape index (κ1) is 12.8. The van der Waals surface area contributed by atoms with Gasteiger partial charge in [0.05, 0.1) is 12.2 Å². The van der Waals surface area contributed by atoms with E-state index < -0.39 is 0 Å². The molecule has 2 fully saturated rings. The first-order valence-electron chi connectivity index (χ1n) is 7.08. The molecule has 2 aliphatic rings. The summed E-state index contributed by atoms with van der Waals surface area (Å²) in [7, 11) is 1.90. The second-order valence-corrected chi connectivity index (χ2v) is 5.62. The lowest BCUT2D eigenvalue weighted by atomic mass is 10.1. The Hall–Kier alpha value is -1.26. The van der Waals surface area contributed by atoms with Gasteiger partial charge in [-0.15, -0.1) is 0 Å². The molecule has 104 valence electrons. The highest BCUT2D eigenvalue weighted by atomic mass is 16.5. The Bertz CT molecular complexity index is 451. The minimum Gasteiger partial charge on any atom is -0.508 e. The highest BCUT2D eigenvalue weighted by Gasteiger charge is 2.33. The molecule has 2 aliphatic heterocycles. The summed E-state index contributed by atoms with van der Waals surface area (Å²) in [6.45, 7) is 3.93. The molecule has 2 bridgehead atoms. The van der Waals surface area contributed by atoms with Gasteiger partial charge in [-0.1, -0.05) is 6.07 Å². The molecule has 3 atom stereocenters. The van der Waals surface area contributed by atoms with Gasteiger partial charge in [0.1, 0.15) is 5.75 Å². The summed E-state index contributed by atoms with van der Waals surface area (Å²) in [5.41, 5.74) is 2.05. The predicted octanol–water partition coefficient (Wildman–Crippen LogP) is 2.04. The van der Waals surface area contributed by atoms with Crippen LogP contribution in [-0.2, 0) is 4.74 Å². The van der Waals surface area contributed by atoms with E-state index in [1.54, 1.807) is 0 Å². The van der Waals surface area contributed by atoms with Crippen LogP contribution in [0.4, 0.5) is 5.69 Å². The quantitative estimate of drug-likeness (QED) is 0.875. The average Bonchev–Trinajstić information content (AvgIpc) is 2.76. The largest absolute Gasteiger partial charge is 0.508 e. The summed E-state index contributed by atoms with van der Waals surface area (Å²) in [6.07, 6.45) is 3.08. The van der Waals surface area contributed by atoms with Crippen molar-refractivity contribution in [2.75, 3.05) is 25.0 Å². The number of phenolic OH excluding ortho intramolecular Hbond substituents is 1. The van der Waals surface area contributed by atoms with Crippen molar-refractivity contribution < 1.29 is 9.84 Å². The molecular weight excluding hydrogens is 240 g/mol. The van der Waals surface area contributed by atoms with E-state index in [4.69, 9.17) is 4.74 Å². The maximum Gasteiger partial charge on any atom is 0.122 e. The summed E-state index contributed by atoms with van der Waals surface area (Å²) < 4.78 is 5.84. The summed E-state index contributed by atoms with van der Waals surface area (Å²) in [4.78, 5) is 2.33. The molecule has 0 saturated carbocycles. The Morgan fingerprint density at radius 2 is 2.00 bits per heavy atom. The lowest BCUT2D eigenvalue weighted by Crippen LogP contribution is -2.42. The van der Waals surface area contributed by atoms with Crippen LogP contribution in [0.2, 0.25) is 0 Å². The van der Waals surface area contributed by atoms with Gasteiger partial charge in [-0.05, 0) is 32.9 Å². The number of hydrogen-bond acceptors (Lipinski definition) is 4. The zero-order valence-electron chi connectivity index (χ0n) is 11.6. The zero-order chi connectivity index (χ0) is 13.4. The van der Waals surface area contributed by atoms with Gasteiger partial charge in [-0.25, -0.2) is 0 Å². The van der Waals surface area contributed by atoms with Crippen LogP contribution in [-0.4, -0.2) is 37.5 Å². The van der Waals surface area contributed by atoms with Crippen molar-refractivity contribution in [1.29, 1.82) is 0 Å². The van der Waals surface area contributed by atoms with Crippen LogP contribution in [0.1, 0.15) is 31.4 Å². The highest BCUT2D eigenvalue weighted by molar-refractivity contribution is 5.54. The van der Waals surface area contributed by atoms with Crippen LogP contribution < -0.4 is 10.2 Å². The van der Waals surface area contributed by atoms with E-state index >= 15 is 0 Å². The van der Waals surface area contributed by atoms with Crippen molar-refractivity contribution >= 4 is 5.69 Å². The van der Waals surface area contributed by atoms with Crippen molar-refractivity contribution in [3.8, 4) is 5.75 Å². The number of hydrogen-bond donors (Lipinski definition) is 2. The van der Waals surface area contributed by atoms with Crippen LogP contribution in [0.5, 0.6) is 5.75 Å². The van der Waals surface area contributed by atoms with Gasteiger partial charge in [0, 0.05) is 36.4 Å². The van der Waals surface area contributed by atoms with Gasteiger partial charge in [-0.2, -0.15) is 0 Å². The molecule has 3 unspecified atom stereocenters. The number of nitrogens with one attached hydrogen (secondary N) is 1. The minimum atomic E-state index is 0.162. The van der Waals surface area contributed by atoms with E-state index in [-0.39, 0.29) is 6.04 Å². The number of ether oxygens (including phenoxy) is 1. The van der Waals surface area contributed by atoms with Gasteiger partial charge in [0.25, 0.3) is 0 Å². The summed E-state index contributed by atoms with van der Waals surface area (Å²) in [5, 5.41) is 13.3. The van der Waals surface area contributed by atoms with E-state index in [0.717, 1.165) is 24.3 Å². The summed E-state index contributed by atoms with van der Waals surface area (Å²) in [6, 6.07) is 6.17. The first-order chi connectivity index (χ1) is 9.17. The molecule has 2 N–H and O–H groups in total. The predicted molar refractivity (Wildman–Crippen MR) is 75.7 cm³/mol. The van der Waals surface area contributed by atoms with E-state index in [1.165, 1.54) is 12.8 Å².